The van der Waals surface area contributed by atoms with Crippen molar-refractivity contribution in [2.24, 2.45) is 5.10 Å². The number of anilines is 1. The lowest BCUT2D eigenvalue weighted by Crippen LogP contribution is -2.22. The van der Waals surface area contributed by atoms with Crippen LogP contribution in [0.2, 0.25) is 0 Å². The Labute approximate surface area is 136 Å². The second kappa shape index (κ2) is 7.68. The molecule has 1 atom stereocenters. The van der Waals surface area contributed by atoms with Crippen molar-refractivity contribution in [1.29, 1.82) is 0 Å². The van der Waals surface area contributed by atoms with Crippen LogP contribution in [0.4, 0.5) is 11.5 Å². The average molecular weight is 330 g/mol. The van der Waals surface area contributed by atoms with Gasteiger partial charge in [-0.05, 0) is 42.8 Å². The number of nitrogens with zero attached hydrogens (tertiary/aromatic N) is 3. The Morgan fingerprint density at radius 2 is 2.08 bits per heavy atom. The highest BCUT2D eigenvalue weighted by Gasteiger charge is 2.11. The standard InChI is InChI=1S/C15H14N4O5/c1-10(15(20)21)24-13-5-2-11(3-6-13)8-17-18-14-7-4-12(9-16-14)19(22)23/h2-10H,1H3,(H,16,18)(H,20,21)/b17-8-/t10-/m1/s1. The number of carboxylic acid groups (broad SMARTS) is 1. The number of aromatic nitrogens is 1. The largest absolute Gasteiger partial charge is 0.479 e. The molecule has 9 nitrogen and oxygen atoms in total. The van der Waals surface area contributed by atoms with Crippen molar-refractivity contribution in [3.8, 4) is 5.75 Å². The van der Waals surface area contributed by atoms with Crippen LogP contribution >= 0.6 is 0 Å². The maximum absolute atomic E-state index is 10.7. The molecule has 0 spiro atoms. The van der Waals surface area contributed by atoms with Crippen molar-refractivity contribution in [3.05, 3.63) is 58.3 Å². The highest BCUT2D eigenvalue weighted by molar-refractivity contribution is 5.80. The molecule has 1 aromatic heterocycles. The summed E-state index contributed by atoms with van der Waals surface area (Å²) in [5.74, 6) is -0.237. The quantitative estimate of drug-likeness (QED) is 0.453. The Balaban J connectivity index is 1.92. The molecule has 24 heavy (non-hydrogen) atoms. The SMILES string of the molecule is C[C@@H](Oc1ccc(/C=N\Nc2ccc([N+](=O)[O-])cn2)cc1)C(=O)O. The molecule has 0 aliphatic carbocycles. The van der Waals surface area contributed by atoms with E-state index >= 15 is 0 Å². The van der Waals surface area contributed by atoms with Crippen LogP contribution in [0.25, 0.3) is 0 Å². The van der Waals surface area contributed by atoms with Crippen molar-refractivity contribution in [2.75, 3.05) is 5.43 Å². The first kappa shape index (κ1) is 16.9. The molecule has 9 heteroatoms. The van der Waals surface area contributed by atoms with Crippen LogP contribution in [-0.2, 0) is 4.79 Å². The highest BCUT2D eigenvalue weighted by Crippen LogP contribution is 2.14. The van der Waals surface area contributed by atoms with Crippen LogP contribution in [0.3, 0.4) is 0 Å². The first-order valence-electron chi connectivity index (χ1n) is 6.85. The maximum atomic E-state index is 10.7. The minimum absolute atomic E-state index is 0.101. The van der Waals surface area contributed by atoms with Gasteiger partial charge in [-0.3, -0.25) is 15.5 Å². The Morgan fingerprint density at radius 3 is 2.62 bits per heavy atom. The number of rotatable bonds is 7. The van der Waals surface area contributed by atoms with Gasteiger partial charge in [-0.15, -0.1) is 0 Å². The number of pyridine rings is 1. The van der Waals surface area contributed by atoms with E-state index in [0.29, 0.717) is 11.6 Å². The number of benzene rings is 1. The molecular formula is C15H14N4O5. The van der Waals surface area contributed by atoms with Gasteiger partial charge in [0.1, 0.15) is 17.8 Å². The first-order valence-corrected chi connectivity index (χ1v) is 6.85. The summed E-state index contributed by atoms with van der Waals surface area (Å²) in [6.45, 7) is 1.44. The minimum atomic E-state index is -1.04. The summed E-state index contributed by atoms with van der Waals surface area (Å²) in [6, 6.07) is 9.44. The Bertz CT molecular complexity index is 743. The van der Waals surface area contributed by atoms with Gasteiger partial charge in [0.15, 0.2) is 6.10 Å². The number of carbonyl (C=O) groups is 1. The van der Waals surface area contributed by atoms with E-state index < -0.39 is 17.0 Å². The summed E-state index contributed by atoms with van der Waals surface area (Å²) < 4.78 is 5.21. The maximum Gasteiger partial charge on any atom is 0.344 e. The summed E-state index contributed by atoms with van der Waals surface area (Å²) in [5.41, 5.74) is 3.30. The monoisotopic (exact) mass is 330 g/mol. The summed E-state index contributed by atoms with van der Waals surface area (Å²) >= 11 is 0. The first-order chi connectivity index (χ1) is 11.5. The Morgan fingerprint density at radius 1 is 1.38 bits per heavy atom. The van der Waals surface area contributed by atoms with Crippen LogP contribution in [0.15, 0.2) is 47.7 Å². The van der Waals surface area contributed by atoms with Crippen molar-refractivity contribution < 1.29 is 19.6 Å². The zero-order valence-corrected chi connectivity index (χ0v) is 12.6. The third kappa shape index (κ3) is 4.77. The average Bonchev–Trinajstić information content (AvgIpc) is 2.56. The number of nitrogens with one attached hydrogen (secondary N) is 1. The number of aliphatic carboxylic acids is 1. The third-order valence-corrected chi connectivity index (χ3v) is 2.89. The molecule has 0 bridgehead atoms. The number of hydrazone groups is 1. The van der Waals surface area contributed by atoms with Crippen LogP contribution in [0, 0.1) is 10.1 Å². The van der Waals surface area contributed by atoms with Gasteiger partial charge in [0.2, 0.25) is 0 Å². The van der Waals surface area contributed by atoms with Crippen LogP contribution in [0.5, 0.6) is 5.75 Å². The van der Waals surface area contributed by atoms with Crippen LogP contribution in [-0.4, -0.2) is 33.3 Å². The number of ether oxygens (including phenoxy) is 1. The van der Waals surface area contributed by atoms with E-state index in [2.05, 4.69) is 15.5 Å². The molecule has 124 valence electrons. The lowest BCUT2D eigenvalue weighted by Gasteiger charge is -2.09. The smallest absolute Gasteiger partial charge is 0.344 e. The second-order valence-electron chi connectivity index (χ2n) is 4.70. The minimum Gasteiger partial charge on any atom is -0.479 e. The molecule has 0 saturated heterocycles. The Hall–Kier alpha value is -3.49. The van der Waals surface area contributed by atoms with E-state index in [-0.39, 0.29) is 5.69 Å². The molecule has 0 radical (unpaired) electrons. The second-order valence-corrected chi connectivity index (χ2v) is 4.70. The van der Waals surface area contributed by atoms with E-state index in [1.54, 1.807) is 24.3 Å². The van der Waals surface area contributed by atoms with Crippen molar-refractivity contribution in [2.45, 2.75) is 13.0 Å². The molecule has 1 heterocycles. The lowest BCUT2D eigenvalue weighted by atomic mass is 10.2. The molecule has 0 saturated carbocycles. The van der Waals surface area contributed by atoms with Gasteiger partial charge in [0.05, 0.1) is 11.1 Å². The van der Waals surface area contributed by atoms with Gasteiger partial charge in [-0.2, -0.15) is 5.10 Å². The summed E-state index contributed by atoms with van der Waals surface area (Å²) in [7, 11) is 0. The zero-order valence-electron chi connectivity index (χ0n) is 12.6. The Kier molecular flexibility index (Phi) is 5.40. The normalized spacial score (nSPS) is 11.9. The van der Waals surface area contributed by atoms with Gasteiger partial charge in [0, 0.05) is 6.07 Å². The topological polar surface area (TPSA) is 127 Å². The van der Waals surface area contributed by atoms with Crippen LogP contribution in [0.1, 0.15) is 12.5 Å². The fourth-order valence-corrected chi connectivity index (χ4v) is 1.62. The molecule has 0 aliphatic heterocycles. The van der Waals surface area contributed by atoms with E-state index in [4.69, 9.17) is 9.84 Å². The van der Waals surface area contributed by atoms with Gasteiger partial charge in [-0.25, -0.2) is 9.78 Å². The highest BCUT2D eigenvalue weighted by atomic mass is 16.6. The molecule has 2 N–H and O–H groups in total. The van der Waals surface area contributed by atoms with Crippen molar-refractivity contribution in [1.82, 2.24) is 4.98 Å². The van der Waals surface area contributed by atoms with Gasteiger partial charge in [0.25, 0.3) is 5.69 Å². The van der Waals surface area contributed by atoms with Gasteiger partial charge >= 0.3 is 5.97 Å². The molecule has 1 aromatic carbocycles. The van der Waals surface area contributed by atoms with E-state index in [1.807, 2.05) is 0 Å². The molecule has 0 fully saturated rings. The lowest BCUT2D eigenvalue weighted by molar-refractivity contribution is -0.385. The molecule has 2 aromatic rings. The van der Waals surface area contributed by atoms with E-state index in [0.717, 1.165) is 11.8 Å². The molecule has 0 aliphatic rings. The number of hydrogen-bond donors (Lipinski definition) is 2. The summed E-state index contributed by atoms with van der Waals surface area (Å²) in [6.07, 6.45) is 1.72. The zero-order chi connectivity index (χ0) is 17.5. The van der Waals surface area contributed by atoms with Crippen LogP contribution < -0.4 is 10.2 Å². The van der Waals surface area contributed by atoms with E-state index in [1.165, 1.54) is 25.3 Å². The van der Waals surface area contributed by atoms with Gasteiger partial charge in [-0.1, -0.05) is 0 Å². The fraction of sp³-hybridized carbons (Fsp3) is 0.133. The molecule has 0 unspecified atom stereocenters. The molecule has 0 amide bonds. The summed E-state index contributed by atoms with van der Waals surface area (Å²) in [5, 5.41) is 23.3. The molecule has 2 rings (SSSR count). The molecular weight excluding hydrogens is 316 g/mol. The van der Waals surface area contributed by atoms with Crippen molar-refractivity contribution in [3.63, 3.8) is 0 Å². The van der Waals surface area contributed by atoms with Gasteiger partial charge < -0.3 is 9.84 Å². The summed E-state index contributed by atoms with van der Waals surface area (Å²) in [4.78, 5) is 24.5. The number of hydrogen-bond acceptors (Lipinski definition) is 7. The van der Waals surface area contributed by atoms with Crippen molar-refractivity contribution >= 4 is 23.7 Å². The number of carboxylic acids is 1. The third-order valence-electron chi connectivity index (χ3n) is 2.89. The van der Waals surface area contributed by atoms with E-state index in [9.17, 15) is 14.9 Å². The predicted molar refractivity (Wildman–Crippen MR) is 86.3 cm³/mol. The number of nitro groups is 1. The predicted octanol–water partition coefficient (Wildman–Crippen LogP) is 2.29. The fourth-order valence-electron chi connectivity index (χ4n) is 1.62.